The van der Waals surface area contributed by atoms with Crippen molar-refractivity contribution in [3.8, 4) is 5.75 Å². The van der Waals surface area contributed by atoms with Gasteiger partial charge in [-0.15, -0.1) is 0 Å². The summed E-state index contributed by atoms with van der Waals surface area (Å²) in [6.07, 6.45) is 1.71. The van der Waals surface area contributed by atoms with Gasteiger partial charge in [0.25, 0.3) is 5.91 Å². The molecule has 1 heterocycles. The monoisotopic (exact) mass is 278 g/mol. The lowest BCUT2D eigenvalue weighted by Crippen LogP contribution is -2.12. The summed E-state index contributed by atoms with van der Waals surface area (Å²) in [6.45, 7) is 1.79. The van der Waals surface area contributed by atoms with Crippen LogP contribution >= 0.6 is 0 Å². The molecule has 1 aromatic heterocycles. The van der Waals surface area contributed by atoms with Gasteiger partial charge in [-0.05, 0) is 48.9 Å². The van der Waals surface area contributed by atoms with E-state index < -0.39 is 0 Å². The Morgan fingerprint density at radius 3 is 2.81 bits per heavy atom. The van der Waals surface area contributed by atoms with Gasteiger partial charge in [-0.2, -0.15) is 0 Å². The number of nitrogens with one attached hydrogen (secondary N) is 1. The molecular weight excluding hydrogens is 264 g/mol. The van der Waals surface area contributed by atoms with Crippen LogP contribution in [0.5, 0.6) is 5.75 Å². The molecular formula is C17H14N2O2. The number of aryl methyl sites for hydroxylation is 1. The topological polar surface area (TPSA) is 62.2 Å². The first-order chi connectivity index (χ1) is 10.1. The van der Waals surface area contributed by atoms with Crippen molar-refractivity contribution in [1.29, 1.82) is 0 Å². The normalized spacial score (nSPS) is 10.5. The number of benzene rings is 2. The van der Waals surface area contributed by atoms with E-state index in [1.54, 1.807) is 25.3 Å². The highest BCUT2D eigenvalue weighted by molar-refractivity contribution is 6.08. The fourth-order valence-corrected chi connectivity index (χ4v) is 2.16. The van der Waals surface area contributed by atoms with Gasteiger partial charge in [0, 0.05) is 17.1 Å². The molecule has 3 aromatic rings. The molecule has 0 fully saturated rings. The van der Waals surface area contributed by atoms with Crippen molar-refractivity contribution in [1.82, 2.24) is 4.98 Å². The predicted molar refractivity (Wildman–Crippen MR) is 82.5 cm³/mol. The third-order valence-electron chi connectivity index (χ3n) is 3.37. The number of anilines is 1. The summed E-state index contributed by atoms with van der Waals surface area (Å²) in [5.74, 6) is -0.149. The number of fused-ring (bicyclic) bond motifs is 1. The Balaban J connectivity index is 1.94. The molecule has 2 aromatic carbocycles. The number of hydrogen-bond acceptors (Lipinski definition) is 3. The molecule has 1 amide bonds. The number of carbonyl (C=O) groups is 1. The van der Waals surface area contributed by atoms with E-state index in [-0.39, 0.29) is 11.7 Å². The van der Waals surface area contributed by atoms with Gasteiger partial charge >= 0.3 is 0 Å². The van der Waals surface area contributed by atoms with E-state index >= 15 is 0 Å². The fourth-order valence-electron chi connectivity index (χ4n) is 2.16. The van der Waals surface area contributed by atoms with Crippen LogP contribution in [0.4, 0.5) is 5.69 Å². The number of nitrogens with zero attached hydrogens (tertiary/aromatic N) is 1. The second-order valence-corrected chi connectivity index (χ2v) is 4.83. The second-order valence-electron chi connectivity index (χ2n) is 4.83. The highest BCUT2D eigenvalue weighted by Gasteiger charge is 2.10. The van der Waals surface area contributed by atoms with Gasteiger partial charge in [0.2, 0.25) is 0 Å². The van der Waals surface area contributed by atoms with E-state index in [9.17, 15) is 9.90 Å². The van der Waals surface area contributed by atoms with Crippen molar-refractivity contribution in [3.05, 3.63) is 65.9 Å². The zero-order valence-corrected chi connectivity index (χ0v) is 11.5. The molecule has 0 saturated heterocycles. The lowest BCUT2D eigenvalue weighted by atomic mass is 10.1. The van der Waals surface area contributed by atoms with E-state index in [0.29, 0.717) is 11.3 Å². The molecule has 4 nitrogen and oxygen atoms in total. The molecule has 0 aliphatic heterocycles. The third kappa shape index (κ3) is 2.56. The smallest absolute Gasteiger partial charge is 0.255 e. The number of amides is 1. The van der Waals surface area contributed by atoms with Crippen molar-refractivity contribution in [2.75, 3.05) is 5.32 Å². The molecule has 0 aliphatic carbocycles. The minimum Gasteiger partial charge on any atom is -0.508 e. The molecule has 4 heteroatoms. The number of carbonyl (C=O) groups excluding carboxylic acids is 1. The maximum Gasteiger partial charge on any atom is 0.255 e. The van der Waals surface area contributed by atoms with Gasteiger partial charge in [0.15, 0.2) is 0 Å². The SMILES string of the molecule is Cc1ccc(C(=O)Nc2cccc3ncccc23)cc1O. The summed E-state index contributed by atoms with van der Waals surface area (Å²) in [5, 5.41) is 13.4. The van der Waals surface area contributed by atoms with Gasteiger partial charge in [-0.1, -0.05) is 12.1 Å². The first-order valence-electron chi connectivity index (χ1n) is 6.60. The molecule has 0 bridgehead atoms. The molecule has 0 atom stereocenters. The number of phenolic OH excluding ortho intramolecular Hbond substituents is 1. The molecule has 0 spiro atoms. The molecule has 104 valence electrons. The third-order valence-corrected chi connectivity index (χ3v) is 3.37. The Morgan fingerprint density at radius 1 is 1.14 bits per heavy atom. The Morgan fingerprint density at radius 2 is 2.00 bits per heavy atom. The summed E-state index contributed by atoms with van der Waals surface area (Å²) in [5.41, 5.74) is 2.67. The zero-order chi connectivity index (χ0) is 14.8. The van der Waals surface area contributed by atoms with Crippen LogP contribution < -0.4 is 5.32 Å². The van der Waals surface area contributed by atoms with Gasteiger partial charge in [-0.3, -0.25) is 9.78 Å². The Labute approximate surface area is 122 Å². The maximum absolute atomic E-state index is 12.3. The van der Waals surface area contributed by atoms with Crippen LogP contribution in [0, 0.1) is 6.92 Å². The van der Waals surface area contributed by atoms with Crippen molar-refractivity contribution < 1.29 is 9.90 Å². The summed E-state index contributed by atoms with van der Waals surface area (Å²) >= 11 is 0. The van der Waals surface area contributed by atoms with Crippen LogP contribution in [-0.4, -0.2) is 16.0 Å². The van der Waals surface area contributed by atoms with Crippen LogP contribution in [0.2, 0.25) is 0 Å². The average Bonchev–Trinajstić information content (AvgIpc) is 2.50. The summed E-state index contributed by atoms with van der Waals surface area (Å²) < 4.78 is 0. The first kappa shape index (κ1) is 13.1. The second kappa shape index (κ2) is 5.25. The number of aromatic hydroxyl groups is 1. The fraction of sp³-hybridized carbons (Fsp3) is 0.0588. The van der Waals surface area contributed by atoms with Gasteiger partial charge in [0.1, 0.15) is 5.75 Å². The number of aromatic nitrogens is 1. The minimum absolute atomic E-state index is 0.113. The molecule has 0 unspecified atom stereocenters. The predicted octanol–water partition coefficient (Wildman–Crippen LogP) is 3.50. The maximum atomic E-state index is 12.3. The summed E-state index contributed by atoms with van der Waals surface area (Å²) in [4.78, 5) is 16.5. The van der Waals surface area contributed by atoms with E-state index in [0.717, 1.165) is 16.5 Å². The van der Waals surface area contributed by atoms with E-state index in [1.165, 1.54) is 6.07 Å². The van der Waals surface area contributed by atoms with Crippen molar-refractivity contribution >= 4 is 22.5 Å². The Kier molecular flexibility index (Phi) is 3.28. The average molecular weight is 278 g/mol. The summed E-state index contributed by atoms with van der Waals surface area (Å²) in [6, 6.07) is 14.2. The van der Waals surface area contributed by atoms with E-state index in [2.05, 4.69) is 10.3 Å². The quantitative estimate of drug-likeness (QED) is 0.754. The lowest BCUT2D eigenvalue weighted by Gasteiger charge is -2.09. The summed E-state index contributed by atoms with van der Waals surface area (Å²) in [7, 11) is 0. The van der Waals surface area contributed by atoms with E-state index in [4.69, 9.17) is 0 Å². The van der Waals surface area contributed by atoms with E-state index in [1.807, 2.05) is 30.3 Å². The lowest BCUT2D eigenvalue weighted by molar-refractivity contribution is 0.102. The largest absolute Gasteiger partial charge is 0.508 e. The number of rotatable bonds is 2. The van der Waals surface area contributed by atoms with Gasteiger partial charge in [0.05, 0.1) is 11.2 Å². The number of pyridine rings is 1. The van der Waals surface area contributed by atoms with Crippen LogP contribution in [0.3, 0.4) is 0 Å². The standard InChI is InChI=1S/C17H14N2O2/c1-11-7-8-12(10-16(11)20)17(21)19-15-6-2-5-14-13(15)4-3-9-18-14/h2-10,20H,1H3,(H,19,21). The zero-order valence-electron chi connectivity index (χ0n) is 11.5. The minimum atomic E-state index is -0.262. The molecule has 3 rings (SSSR count). The molecule has 21 heavy (non-hydrogen) atoms. The molecule has 0 saturated carbocycles. The Bertz CT molecular complexity index is 823. The first-order valence-corrected chi connectivity index (χ1v) is 6.60. The van der Waals surface area contributed by atoms with Gasteiger partial charge < -0.3 is 10.4 Å². The van der Waals surface area contributed by atoms with Crippen LogP contribution in [0.25, 0.3) is 10.9 Å². The van der Waals surface area contributed by atoms with Crippen molar-refractivity contribution in [3.63, 3.8) is 0 Å². The Hall–Kier alpha value is -2.88. The van der Waals surface area contributed by atoms with Crippen molar-refractivity contribution in [2.45, 2.75) is 6.92 Å². The molecule has 0 radical (unpaired) electrons. The van der Waals surface area contributed by atoms with Crippen molar-refractivity contribution in [2.24, 2.45) is 0 Å². The van der Waals surface area contributed by atoms with Crippen LogP contribution in [0.15, 0.2) is 54.7 Å². The van der Waals surface area contributed by atoms with Gasteiger partial charge in [-0.25, -0.2) is 0 Å². The highest BCUT2D eigenvalue weighted by atomic mass is 16.3. The highest BCUT2D eigenvalue weighted by Crippen LogP contribution is 2.23. The number of hydrogen-bond donors (Lipinski definition) is 2. The van der Waals surface area contributed by atoms with Crippen LogP contribution in [-0.2, 0) is 0 Å². The molecule has 0 aliphatic rings. The van der Waals surface area contributed by atoms with Crippen LogP contribution in [0.1, 0.15) is 15.9 Å². The number of phenols is 1. The molecule has 2 N–H and O–H groups in total.